The molecule has 8 N–H and O–H groups in total. The summed E-state index contributed by atoms with van der Waals surface area (Å²) in [4.78, 5) is 24.6. The minimum absolute atomic E-state index is 0.0290. The summed E-state index contributed by atoms with van der Waals surface area (Å²) in [7, 11) is 0. The molecule has 3 aromatic rings. The van der Waals surface area contributed by atoms with E-state index in [1.807, 2.05) is 0 Å². The van der Waals surface area contributed by atoms with Crippen LogP contribution in [-0.4, -0.2) is 60.5 Å². The van der Waals surface area contributed by atoms with E-state index in [-0.39, 0.29) is 46.9 Å². The number of esters is 1. The zero-order valence-corrected chi connectivity index (χ0v) is 19.7. The number of carbonyl (C=O) groups is 2. The second-order valence-corrected chi connectivity index (χ2v) is 8.30. The molecular weight excluding hydrogens is 506 g/mol. The molecule has 13 heteroatoms. The lowest BCUT2D eigenvalue weighted by molar-refractivity contribution is -0.0189. The summed E-state index contributed by atoms with van der Waals surface area (Å²) in [5.41, 5.74) is -0.0857. The molecule has 0 spiro atoms. The van der Waals surface area contributed by atoms with Gasteiger partial charge in [0.25, 0.3) is 0 Å². The monoisotopic (exact) mass is 529 g/mol. The summed E-state index contributed by atoms with van der Waals surface area (Å²) in [5, 5.41) is 72.5. The molecule has 1 aliphatic rings. The Labute approximate surface area is 214 Å². The van der Waals surface area contributed by atoms with Gasteiger partial charge in [0.1, 0.15) is 23.4 Å². The summed E-state index contributed by atoms with van der Waals surface area (Å²) in [6.07, 6.45) is -3.54. The minimum Gasteiger partial charge on any atom is -0.508 e. The third-order valence-corrected chi connectivity index (χ3v) is 5.65. The van der Waals surface area contributed by atoms with Crippen LogP contribution >= 0.6 is 0 Å². The number of amides is 1. The number of hydrogen-bond acceptors (Lipinski definition) is 12. The van der Waals surface area contributed by atoms with Gasteiger partial charge >= 0.3 is 12.1 Å². The van der Waals surface area contributed by atoms with Crippen molar-refractivity contribution in [1.82, 2.24) is 5.32 Å². The average molecular weight is 529 g/mol. The average Bonchev–Trinajstić information content (AvgIpc) is 2.84. The van der Waals surface area contributed by atoms with Crippen LogP contribution in [-0.2, 0) is 11.2 Å². The molecule has 0 fully saturated rings. The van der Waals surface area contributed by atoms with E-state index in [0.717, 1.165) is 30.3 Å². The van der Waals surface area contributed by atoms with Gasteiger partial charge < -0.3 is 55.3 Å². The smallest absolute Gasteiger partial charge is 0.412 e. The third-order valence-electron chi connectivity index (χ3n) is 5.65. The van der Waals surface area contributed by atoms with Gasteiger partial charge in [-0.25, -0.2) is 9.59 Å². The number of nitrogens with one attached hydrogen (secondary N) is 1. The number of phenolic OH excluding ortho intramolecular Hbond substituents is 7. The number of rotatable bonds is 5. The first kappa shape index (κ1) is 25.9. The molecule has 2 atom stereocenters. The molecule has 0 radical (unpaired) electrons. The van der Waals surface area contributed by atoms with Crippen LogP contribution in [0.3, 0.4) is 0 Å². The van der Waals surface area contributed by atoms with E-state index < -0.39 is 58.8 Å². The molecule has 200 valence electrons. The lowest BCUT2D eigenvalue weighted by Crippen LogP contribution is -2.34. The van der Waals surface area contributed by atoms with Crippen molar-refractivity contribution < 1.29 is 59.5 Å². The highest BCUT2D eigenvalue weighted by molar-refractivity contribution is 5.91. The lowest BCUT2D eigenvalue weighted by Gasteiger charge is -2.34. The highest BCUT2D eigenvalue weighted by atomic mass is 16.6. The molecule has 1 heterocycles. The van der Waals surface area contributed by atoms with Crippen molar-refractivity contribution in [3.63, 3.8) is 0 Å². The van der Waals surface area contributed by atoms with E-state index in [1.54, 1.807) is 6.92 Å². The summed E-state index contributed by atoms with van der Waals surface area (Å²) in [5.74, 6) is -5.89. The first-order valence-electron chi connectivity index (χ1n) is 11.2. The highest BCUT2D eigenvalue weighted by Crippen LogP contribution is 2.46. The highest BCUT2D eigenvalue weighted by Gasteiger charge is 2.37. The van der Waals surface area contributed by atoms with Crippen molar-refractivity contribution in [2.75, 3.05) is 6.54 Å². The maximum absolute atomic E-state index is 12.9. The van der Waals surface area contributed by atoms with Gasteiger partial charge in [0.2, 0.25) is 5.75 Å². The van der Waals surface area contributed by atoms with Gasteiger partial charge in [0.15, 0.2) is 34.9 Å². The number of ether oxygens (including phenoxy) is 3. The Kier molecular flexibility index (Phi) is 6.84. The number of fused-ring (bicyclic) bond motifs is 1. The molecule has 13 nitrogen and oxygen atoms in total. The Hall–Kier alpha value is -5.20. The maximum atomic E-state index is 12.9. The molecule has 3 aromatic carbocycles. The van der Waals surface area contributed by atoms with Gasteiger partial charge in [0.05, 0.1) is 5.56 Å². The van der Waals surface area contributed by atoms with Crippen LogP contribution < -0.4 is 14.8 Å². The summed E-state index contributed by atoms with van der Waals surface area (Å²) in [6.45, 7) is 1.87. The summed E-state index contributed by atoms with van der Waals surface area (Å²) < 4.78 is 16.3. The Balaban J connectivity index is 1.72. The van der Waals surface area contributed by atoms with Crippen LogP contribution in [0.15, 0.2) is 36.4 Å². The predicted molar refractivity (Wildman–Crippen MR) is 127 cm³/mol. The third kappa shape index (κ3) is 5.02. The van der Waals surface area contributed by atoms with Crippen molar-refractivity contribution in [2.24, 2.45) is 0 Å². The maximum Gasteiger partial charge on any atom is 0.412 e. The summed E-state index contributed by atoms with van der Waals surface area (Å²) >= 11 is 0. The molecular formula is C25H23NO12. The Morgan fingerprint density at radius 2 is 1.53 bits per heavy atom. The quantitative estimate of drug-likeness (QED) is 0.177. The second-order valence-electron chi connectivity index (χ2n) is 8.30. The molecule has 0 saturated carbocycles. The molecule has 0 bridgehead atoms. The first-order valence-corrected chi connectivity index (χ1v) is 11.2. The zero-order valence-electron chi connectivity index (χ0n) is 19.7. The van der Waals surface area contributed by atoms with Crippen LogP contribution in [0.25, 0.3) is 0 Å². The SMILES string of the molecule is CCNC(=O)Oc1c(O)cc([C@H]2Oc3cc(O)cc(O)c3CC2OC(=O)c2cc(O)c(O)c(O)c2)cc1O. The number of aromatic hydroxyl groups is 7. The van der Waals surface area contributed by atoms with Gasteiger partial charge in [-0.3, -0.25) is 0 Å². The fourth-order valence-electron chi connectivity index (χ4n) is 3.92. The molecule has 38 heavy (non-hydrogen) atoms. The fraction of sp³-hybridized carbons (Fsp3) is 0.200. The number of hydrogen-bond donors (Lipinski definition) is 8. The number of carbonyl (C=O) groups excluding carboxylic acids is 2. The topological polar surface area (TPSA) is 215 Å². The fourth-order valence-corrected chi connectivity index (χ4v) is 3.92. The normalized spacial score (nSPS) is 16.1. The number of benzene rings is 3. The van der Waals surface area contributed by atoms with Crippen LogP contribution in [0, 0.1) is 0 Å². The van der Waals surface area contributed by atoms with Gasteiger partial charge in [-0.1, -0.05) is 0 Å². The molecule has 0 aliphatic carbocycles. The van der Waals surface area contributed by atoms with Crippen LogP contribution in [0.2, 0.25) is 0 Å². The molecule has 1 unspecified atom stereocenters. The Morgan fingerprint density at radius 3 is 2.13 bits per heavy atom. The molecule has 0 saturated heterocycles. The predicted octanol–water partition coefficient (Wildman–Crippen LogP) is 2.64. The van der Waals surface area contributed by atoms with E-state index in [0.29, 0.717) is 0 Å². The zero-order chi connectivity index (χ0) is 27.7. The van der Waals surface area contributed by atoms with Crippen molar-refractivity contribution >= 4 is 12.1 Å². The Morgan fingerprint density at radius 1 is 0.895 bits per heavy atom. The summed E-state index contributed by atoms with van der Waals surface area (Å²) in [6, 6.07) is 6.21. The van der Waals surface area contributed by atoms with Crippen LogP contribution in [0.4, 0.5) is 4.79 Å². The first-order chi connectivity index (χ1) is 18.0. The van der Waals surface area contributed by atoms with E-state index in [4.69, 9.17) is 14.2 Å². The minimum atomic E-state index is -1.23. The van der Waals surface area contributed by atoms with Gasteiger partial charge in [-0.05, 0) is 31.2 Å². The Bertz CT molecular complexity index is 1370. The van der Waals surface area contributed by atoms with E-state index >= 15 is 0 Å². The second kappa shape index (κ2) is 10.0. The van der Waals surface area contributed by atoms with Crippen molar-refractivity contribution in [2.45, 2.75) is 25.6 Å². The van der Waals surface area contributed by atoms with E-state index in [9.17, 15) is 45.3 Å². The van der Waals surface area contributed by atoms with E-state index in [1.165, 1.54) is 6.07 Å². The van der Waals surface area contributed by atoms with Crippen LogP contribution in [0.5, 0.6) is 51.7 Å². The van der Waals surface area contributed by atoms with Crippen molar-refractivity contribution in [3.8, 4) is 51.7 Å². The molecule has 1 amide bonds. The van der Waals surface area contributed by atoms with E-state index in [2.05, 4.69) is 5.32 Å². The van der Waals surface area contributed by atoms with Crippen LogP contribution in [0.1, 0.15) is 34.5 Å². The van der Waals surface area contributed by atoms with Gasteiger partial charge in [0, 0.05) is 36.2 Å². The lowest BCUT2D eigenvalue weighted by atomic mass is 9.93. The largest absolute Gasteiger partial charge is 0.508 e. The van der Waals surface area contributed by atoms with Gasteiger partial charge in [-0.2, -0.15) is 0 Å². The molecule has 0 aromatic heterocycles. The molecule has 4 rings (SSSR count). The standard InChI is InChI=1S/C25H23NO12/c1-2-26-25(35)38-23-17(31)3-10(4-18(23)32)22-20(9-13-14(28)7-12(27)8-19(13)36-22)37-24(34)11-5-15(29)21(33)16(30)6-11/h3-8,20,22,27-33H,2,9H2,1H3,(H,26,35)/t20?,22-/m1/s1. The van der Waals surface area contributed by atoms with Crippen molar-refractivity contribution in [3.05, 3.63) is 53.1 Å². The molecule has 1 aliphatic heterocycles. The van der Waals surface area contributed by atoms with Gasteiger partial charge in [-0.15, -0.1) is 0 Å². The number of phenols is 7. The van der Waals surface area contributed by atoms with Crippen molar-refractivity contribution in [1.29, 1.82) is 0 Å².